The van der Waals surface area contributed by atoms with E-state index in [-0.39, 0.29) is 101 Å². The minimum absolute atomic E-state index is 0. The Kier molecular flexibility index (Phi) is 44.6. The van der Waals surface area contributed by atoms with Crippen molar-refractivity contribution in [3.8, 4) is 0 Å². The van der Waals surface area contributed by atoms with Crippen LogP contribution in [0.15, 0.2) is 152 Å². The summed E-state index contributed by atoms with van der Waals surface area (Å²) in [5, 5.41) is 10.3. The predicted octanol–water partition coefficient (Wildman–Crippen LogP) is 16.1. The molecule has 0 aliphatic carbocycles. The number of nitrogens with one attached hydrogen (secondary N) is 3. The van der Waals surface area contributed by atoms with Gasteiger partial charge < -0.3 is 54.7 Å². The number of ether oxygens (including phenoxy) is 3. The first-order chi connectivity index (χ1) is 61.5. The largest absolute Gasteiger partial charge is 0.446 e. The molecule has 739 valence electrons. The van der Waals surface area contributed by atoms with Crippen LogP contribution in [0, 0.1) is 32.5 Å². The van der Waals surface area contributed by atoms with Crippen LogP contribution >= 0.6 is 15.9 Å². The molecule has 0 bridgehead atoms. The van der Waals surface area contributed by atoms with Gasteiger partial charge in [-0.3, -0.25) is 43.6 Å². The Bertz CT molecular complexity index is 4280. The Morgan fingerprint density at radius 2 is 0.752 bits per heavy atom. The van der Waals surface area contributed by atoms with Gasteiger partial charge in [0.1, 0.15) is 11.2 Å². The average molecular weight is 1950 g/mol. The van der Waals surface area contributed by atoms with Crippen LogP contribution in [0.1, 0.15) is 149 Å². The number of carbonyl (C=O) groups is 7. The molecule has 0 aromatic heterocycles. The van der Waals surface area contributed by atoms with Crippen molar-refractivity contribution < 1.29 is 96.1 Å². The summed E-state index contributed by atoms with van der Waals surface area (Å²) < 4.78 is 141. The molecular formula is C98H140BBrF11N12O10. The Hall–Kier alpha value is -8.32. The van der Waals surface area contributed by atoms with E-state index in [2.05, 4.69) is 85.3 Å². The molecule has 133 heavy (non-hydrogen) atoms. The van der Waals surface area contributed by atoms with Crippen LogP contribution in [-0.4, -0.2) is 301 Å². The molecule has 0 atom stereocenters. The quantitative estimate of drug-likeness (QED) is 0.0363. The smallest absolute Gasteiger partial charge is 0.444 e. The van der Waals surface area contributed by atoms with Crippen LogP contribution < -0.4 is 16.0 Å². The number of likely N-dealkylation sites (tertiary alicyclic amines) is 9. The summed E-state index contributed by atoms with van der Waals surface area (Å²) in [6, 6.07) is 50.8. The highest BCUT2D eigenvalue weighted by atomic mass is 79.9. The number of hydrogen-bond donors (Lipinski definition) is 3. The van der Waals surface area contributed by atoms with Crippen LogP contribution in [0.5, 0.6) is 0 Å². The van der Waals surface area contributed by atoms with Crippen LogP contribution in [0.2, 0.25) is 0 Å². The van der Waals surface area contributed by atoms with E-state index >= 15 is 0 Å². The minimum Gasteiger partial charge on any atom is -0.444 e. The second-order valence-corrected chi connectivity index (χ2v) is 39.5. The third kappa shape index (κ3) is 37.6. The van der Waals surface area contributed by atoms with E-state index in [1.807, 2.05) is 169 Å². The summed E-state index contributed by atoms with van der Waals surface area (Å²) >= 11 is 3.36. The van der Waals surface area contributed by atoms with Crippen molar-refractivity contribution in [2.24, 2.45) is 32.5 Å². The molecule has 13 fully saturated rings. The van der Waals surface area contributed by atoms with E-state index in [0.717, 1.165) is 141 Å². The van der Waals surface area contributed by atoms with Gasteiger partial charge in [0, 0.05) is 236 Å². The van der Waals surface area contributed by atoms with Gasteiger partial charge in [0.15, 0.2) is 0 Å². The lowest BCUT2D eigenvalue weighted by molar-refractivity contribution is -0.156. The van der Waals surface area contributed by atoms with E-state index in [1.165, 1.54) is 36.5 Å². The Morgan fingerprint density at radius 1 is 0.429 bits per heavy atom. The van der Waals surface area contributed by atoms with Crippen molar-refractivity contribution in [1.29, 1.82) is 0 Å². The molecule has 22 nitrogen and oxygen atoms in total. The van der Waals surface area contributed by atoms with Gasteiger partial charge in [0.05, 0.1) is 19.6 Å². The fourth-order valence-electron chi connectivity index (χ4n) is 18.4. The normalized spacial score (nSPS) is 20.3. The van der Waals surface area contributed by atoms with Crippen LogP contribution in [0.25, 0.3) is 0 Å². The van der Waals surface area contributed by atoms with Gasteiger partial charge in [-0.1, -0.05) is 189 Å². The molecule has 13 aliphatic heterocycles. The maximum atomic E-state index is 12.3. The summed E-state index contributed by atoms with van der Waals surface area (Å²) in [5.74, 6) is 0.720. The predicted molar refractivity (Wildman–Crippen MR) is 498 cm³/mol. The zero-order valence-corrected chi connectivity index (χ0v) is 78.2. The van der Waals surface area contributed by atoms with E-state index in [4.69, 9.17) is 19.0 Å². The van der Waals surface area contributed by atoms with Crippen molar-refractivity contribution >= 4 is 66.4 Å². The van der Waals surface area contributed by atoms with Crippen molar-refractivity contribution in [2.75, 3.05) is 164 Å². The highest BCUT2D eigenvalue weighted by molar-refractivity contribution is 9.08. The lowest BCUT2D eigenvalue weighted by Crippen LogP contribution is -2.60. The van der Waals surface area contributed by atoms with Crippen LogP contribution in [0.4, 0.5) is 57.9 Å². The second kappa shape index (κ2) is 52.3. The molecule has 5 aromatic carbocycles. The first kappa shape index (κ1) is 113. The van der Waals surface area contributed by atoms with Crippen LogP contribution in [-0.2, 0) is 69.7 Å². The van der Waals surface area contributed by atoms with Gasteiger partial charge in [-0.15, -0.1) is 0 Å². The number of aldehydes is 1. The molecule has 0 saturated carbocycles. The number of halogens is 12. The molecule has 13 heterocycles. The fraction of sp³-hybridized carbons (Fsp3) is 0.622. The molecule has 3 radical (unpaired) electrons. The number of hydrogen-bond acceptors (Lipinski definition) is 16. The fourth-order valence-corrected chi connectivity index (χ4v) is 18.8. The SMILES string of the molecule is BrCc1ccccc1.C.C.C1CCOC1.CC(C)(C)OC(=O)N1CC2(CC(=O)N(Cc3ccccc3)C2)C1.CC(C)(C)OC(=O)N1CC2(CNC(=O)C2)C1.CCC(F)F.FC(F)CN1CC2(CCN(Cc3ccccc3)C2)C1.FC(F)CN1CC2(CCNC2)C1.O=C1CC2(CN(CC(F)F)C2)CN1Cc1ccccc1.O=C1CC2(CNC2)CN1Cc1ccccc1.O=CC(F)(F)F.[B]. The number of carbonyl (C=O) groups excluding carboxylic acids is 7. The van der Waals surface area contributed by atoms with E-state index in [0.29, 0.717) is 101 Å². The average Bonchev–Trinajstić information content (AvgIpc) is 1.60. The van der Waals surface area contributed by atoms with Crippen molar-refractivity contribution in [3.63, 3.8) is 0 Å². The molecule has 3 N–H and O–H groups in total. The highest BCUT2D eigenvalue weighted by Gasteiger charge is 2.56. The molecule has 13 aliphatic rings. The van der Waals surface area contributed by atoms with Crippen LogP contribution in [0.3, 0.4) is 0 Å². The van der Waals surface area contributed by atoms with Crippen molar-refractivity contribution in [3.05, 3.63) is 179 Å². The standard InChI is InChI=1S/C18H24N2O3.C15H18F2N2O.C15H20F2N2.C13H16N2O.C11H18N2O3.C8H14F2N2.C7H7Br.C4H8O.C3H6F2.C2HF3O.2CH4.B/c1-17(2,3)23-16(22)20-12-18(13-20)9-15(21)19(11-18)10-14-7-5-4-6-8-14;16-13(17)8-18-9-15(10-18)6-14(20)19(11-15)7-12-4-2-1-3-5-12;16-14(17)9-19-11-15(12-19)6-7-18(10-15)8-13-4-2-1-3-5-13;16-12-6-13(8-14-9-13)10-15(12)7-11-4-2-1-3-5-11;1-10(2,3)16-9(15)13-6-11(7-13)4-8(14)12-5-11;9-7(10)3-12-5-8(6-12)1-2-11-4-8;8-6-7-4-2-1-3-5-7;1-2-4-5-3-1;1-2-3(4)5;3-2(4,5)1-6;;;/h4-8H,9-13H2,1-3H3;1-5,13H,6-11H2;1-5,14H,6-12H2;1-5,14H,6-10H2;4-7H2,1-3H3,(H,12,14);7,11H,1-6H2;1-5H,6H2;1-4H2;3H,2H2,1H3;1H;2*1H4;. The molecule has 6 amide bonds. The summed E-state index contributed by atoms with van der Waals surface area (Å²) in [5.41, 5.74) is 5.93. The number of alkyl halides is 12. The van der Waals surface area contributed by atoms with Gasteiger partial charge in [-0.2, -0.15) is 13.2 Å². The lowest BCUT2D eigenvalue weighted by atomic mass is 9.79. The molecule has 0 unspecified atom stereocenters. The summed E-state index contributed by atoms with van der Waals surface area (Å²) in [6.45, 7) is 33.7. The topological polar surface area (TPSA) is 212 Å². The Balaban J connectivity index is 0.000000234. The number of rotatable bonds is 16. The number of benzene rings is 5. The van der Waals surface area contributed by atoms with E-state index in [1.54, 1.807) is 14.7 Å². The third-order valence-corrected chi connectivity index (χ3v) is 25.0. The molecule has 13 saturated heterocycles. The Labute approximate surface area is 789 Å². The van der Waals surface area contributed by atoms with E-state index < -0.39 is 49.4 Å². The third-order valence-electron chi connectivity index (χ3n) is 24.4. The Morgan fingerprint density at radius 3 is 1.04 bits per heavy atom. The molecule has 18 rings (SSSR count). The summed E-state index contributed by atoms with van der Waals surface area (Å²) in [6.07, 6.45) is -7.90. The lowest BCUT2D eigenvalue weighted by Gasteiger charge is -2.48. The van der Waals surface area contributed by atoms with Crippen molar-refractivity contribution in [2.45, 2.75) is 196 Å². The van der Waals surface area contributed by atoms with Gasteiger partial charge >= 0.3 is 18.4 Å². The van der Waals surface area contributed by atoms with Gasteiger partial charge in [0.25, 0.3) is 19.3 Å². The van der Waals surface area contributed by atoms with Gasteiger partial charge in [-0.05, 0) is 108 Å². The van der Waals surface area contributed by atoms with E-state index in [9.17, 15) is 77.1 Å². The number of nitrogens with zero attached hydrogens (tertiary/aromatic N) is 9. The minimum atomic E-state index is -4.64. The number of amides is 6. The molecular weight excluding hydrogens is 1800 g/mol. The second-order valence-electron chi connectivity index (χ2n) is 38.9. The maximum Gasteiger partial charge on any atom is 0.446 e. The molecule has 5 aromatic rings. The maximum absolute atomic E-state index is 12.3. The first-order valence-electron chi connectivity index (χ1n) is 44.9. The zero-order valence-electron chi connectivity index (χ0n) is 76.6. The monoisotopic (exact) mass is 1940 g/mol. The first-order valence-corrected chi connectivity index (χ1v) is 46.0. The van der Waals surface area contributed by atoms with Gasteiger partial charge in [-0.25, -0.2) is 44.7 Å². The van der Waals surface area contributed by atoms with Gasteiger partial charge in [0.2, 0.25) is 36.3 Å². The molecule has 6 spiro atoms. The zero-order chi connectivity index (χ0) is 94.6. The highest BCUT2D eigenvalue weighted by Crippen LogP contribution is 2.45. The summed E-state index contributed by atoms with van der Waals surface area (Å²) in [7, 11) is 0. The van der Waals surface area contributed by atoms with Crippen molar-refractivity contribution in [1.82, 2.24) is 60.0 Å². The summed E-state index contributed by atoms with van der Waals surface area (Å²) in [4.78, 5) is 96.8. The molecule has 35 heteroatoms.